The van der Waals surface area contributed by atoms with E-state index < -0.39 is 29.4 Å². The zero-order valence-corrected chi connectivity index (χ0v) is 12.1. The molecular weight excluding hydrogens is 256 g/mol. The molecule has 0 spiro atoms. The molecule has 0 saturated heterocycles. The Morgan fingerprint density at radius 2 is 1.80 bits per heavy atom. The zero-order chi connectivity index (χ0) is 15.3. The molecule has 0 aromatic heterocycles. The first kappa shape index (κ1) is 16.2. The second-order valence-electron chi connectivity index (χ2n) is 5.94. The first-order valence-electron chi connectivity index (χ1n) is 6.54. The summed E-state index contributed by atoms with van der Waals surface area (Å²) in [6.07, 6.45) is 0.378. The van der Waals surface area contributed by atoms with Crippen LogP contribution < -0.4 is 11.1 Å². The van der Waals surface area contributed by atoms with Gasteiger partial charge in [0.15, 0.2) is 0 Å². The molecule has 5 nitrogen and oxygen atoms in total. The lowest BCUT2D eigenvalue weighted by molar-refractivity contribution is -0.145. The molecule has 1 rings (SSSR count). The maximum absolute atomic E-state index is 12.0. The second-order valence-corrected chi connectivity index (χ2v) is 5.94. The fraction of sp³-hybridized carbons (Fsp3) is 0.467. The number of carboxylic acids is 1. The standard InChI is InChI=1S/C15H22N2O3/c1-15(2,3)12(14(19)20)17-13(18)11(16)9-10-7-5-4-6-8-10/h4-8,11-12H,9,16H2,1-3H3,(H,17,18)(H,19,20)/t11-,12?/m0/s1. The predicted octanol–water partition coefficient (Wildman–Crippen LogP) is 1.17. The molecule has 1 amide bonds. The molecule has 1 unspecified atom stereocenters. The van der Waals surface area contributed by atoms with E-state index >= 15 is 0 Å². The van der Waals surface area contributed by atoms with Crippen LogP contribution in [0.25, 0.3) is 0 Å². The van der Waals surface area contributed by atoms with Crippen molar-refractivity contribution in [3.8, 4) is 0 Å². The van der Waals surface area contributed by atoms with Crippen molar-refractivity contribution in [3.63, 3.8) is 0 Å². The van der Waals surface area contributed by atoms with Gasteiger partial charge in [-0.05, 0) is 17.4 Å². The monoisotopic (exact) mass is 278 g/mol. The van der Waals surface area contributed by atoms with E-state index in [2.05, 4.69) is 5.32 Å². The van der Waals surface area contributed by atoms with E-state index in [0.717, 1.165) is 5.56 Å². The number of rotatable bonds is 5. The molecule has 110 valence electrons. The first-order chi connectivity index (χ1) is 9.21. The molecule has 0 aliphatic carbocycles. The molecule has 0 aliphatic rings. The van der Waals surface area contributed by atoms with Crippen LogP contribution in [0.4, 0.5) is 0 Å². The lowest BCUT2D eigenvalue weighted by Crippen LogP contribution is -2.54. The zero-order valence-electron chi connectivity index (χ0n) is 12.1. The fourth-order valence-electron chi connectivity index (χ4n) is 1.86. The molecule has 4 N–H and O–H groups in total. The molecular formula is C15H22N2O3. The van der Waals surface area contributed by atoms with E-state index in [1.165, 1.54) is 0 Å². The third kappa shape index (κ3) is 4.66. The number of hydrogen-bond acceptors (Lipinski definition) is 3. The van der Waals surface area contributed by atoms with E-state index in [9.17, 15) is 14.7 Å². The highest BCUT2D eigenvalue weighted by molar-refractivity contribution is 5.87. The number of nitrogens with one attached hydrogen (secondary N) is 1. The Balaban J connectivity index is 2.67. The van der Waals surface area contributed by atoms with Crippen molar-refractivity contribution in [1.29, 1.82) is 0 Å². The van der Waals surface area contributed by atoms with Gasteiger partial charge in [-0.15, -0.1) is 0 Å². The highest BCUT2D eigenvalue weighted by atomic mass is 16.4. The molecule has 20 heavy (non-hydrogen) atoms. The van der Waals surface area contributed by atoms with Crippen molar-refractivity contribution in [3.05, 3.63) is 35.9 Å². The van der Waals surface area contributed by atoms with Gasteiger partial charge in [0.25, 0.3) is 0 Å². The fourth-order valence-corrected chi connectivity index (χ4v) is 1.86. The molecule has 1 aromatic rings. The van der Waals surface area contributed by atoms with Gasteiger partial charge in [-0.1, -0.05) is 51.1 Å². The third-order valence-corrected chi connectivity index (χ3v) is 3.03. The minimum absolute atomic E-state index is 0.378. The van der Waals surface area contributed by atoms with Crippen molar-refractivity contribution < 1.29 is 14.7 Å². The summed E-state index contributed by atoms with van der Waals surface area (Å²) in [5.74, 6) is -1.51. The van der Waals surface area contributed by atoms with E-state index in [1.54, 1.807) is 20.8 Å². The number of carboxylic acid groups (broad SMARTS) is 1. The van der Waals surface area contributed by atoms with Gasteiger partial charge < -0.3 is 16.2 Å². The molecule has 0 radical (unpaired) electrons. The van der Waals surface area contributed by atoms with Gasteiger partial charge in [0.2, 0.25) is 5.91 Å². The second kappa shape index (κ2) is 6.52. The van der Waals surface area contributed by atoms with Crippen molar-refractivity contribution in [2.45, 2.75) is 39.3 Å². The summed E-state index contributed by atoms with van der Waals surface area (Å²) in [7, 11) is 0. The van der Waals surface area contributed by atoms with Gasteiger partial charge in [0, 0.05) is 0 Å². The Labute approximate surface area is 119 Å². The number of amides is 1. The summed E-state index contributed by atoms with van der Waals surface area (Å²) in [5, 5.41) is 11.7. The number of carbonyl (C=O) groups excluding carboxylic acids is 1. The molecule has 0 bridgehead atoms. The lowest BCUT2D eigenvalue weighted by atomic mass is 9.86. The van der Waals surface area contributed by atoms with Crippen LogP contribution in [0.1, 0.15) is 26.3 Å². The normalized spacial score (nSPS) is 14.4. The van der Waals surface area contributed by atoms with Crippen LogP contribution in [-0.4, -0.2) is 29.1 Å². The summed E-state index contributed by atoms with van der Waals surface area (Å²) in [6.45, 7) is 5.28. The van der Waals surface area contributed by atoms with E-state index in [1.807, 2.05) is 30.3 Å². The van der Waals surface area contributed by atoms with E-state index in [-0.39, 0.29) is 0 Å². The Hall–Kier alpha value is -1.88. The Bertz CT molecular complexity index is 466. The Morgan fingerprint density at radius 3 is 2.25 bits per heavy atom. The van der Waals surface area contributed by atoms with Crippen molar-refractivity contribution in [2.24, 2.45) is 11.1 Å². The Morgan fingerprint density at radius 1 is 1.25 bits per heavy atom. The van der Waals surface area contributed by atoms with Crippen LogP contribution in [0.5, 0.6) is 0 Å². The van der Waals surface area contributed by atoms with Gasteiger partial charge in [0.1, 0.15) is 6.04 Å². The topological polar surface area (TPSA) is 92.4 Å². The summed E-state index contributed by atoms with van der Waals surface area (Å²) < 4.78 is 0. The molecule has 5 heteroatoms. The molecule has 0 saturated carbocycles. The summed E-state index contributed by atoms with van der Waals surface area (Å²) in [5.41, 5.74) is 6.20. The number of hydrogen-bond donors (Lipinski definition) is 3. The SMILES string of the molecule is CC(C)(C)C(NC(=O)[C@@H](N)Cc1ccccc1)C(=O)O. The molecule has 0 aliphatic heterocycles. The van der Waals surface area contributed by atoms with Gasteiger partial charge in [-0.3, -0.25) is 4.79 Å². The van der Waals surface area contributed by atoms with Gasteiger partial charge in [0.05, 0.1) is 6.04 Å². The maximum Gasteiger partial charge on any atom is 0.326 e. The summed E-state index contributed by atoms with van der Waals surface area (Å²) >= 11 is 0. The van der Waals surface area contributed by atoms with E-state index in [0.29, 0.717) is 6.42 Å². The largest absolute Gasteiger partial charge is 0.480 e. The minimum Gasteiger partial charge on any atom is -0.480 e. The summed E-state index contributed by atoms with van der Waals surface area (Å²) in [6, 6.07) is 7.66. The highest BCUT2D eigenvalue weighted by Crippen LogP contribution is 2.19. The molecule has 0 heterocycles. The van der Waals surface area contributed by atoms with Gasteiger partial charge >= 0.3 is 5.97 Å². The number of benzene rings is 1. The average molecular weight is 278 g/mol. The summed E-state index contributed by atoms with van der Waals surface area (Å²) in [4.78, 5) is 23.2. The highest BCUT2D eigenvalue weighted by Gasteiger charge is 2.33. The van der Waals surface area contributed by atoms with Crippen LogP contribution in [0.3, 0.4) is 0 Å². The van der Waals surface area contributed by atoms with Crippen LogP contribution in [0.2, 0.25) is 0 Å². The number of aliphatic carboxylic acids is 1. The van der Waals surface area contributed by atoms with E-state index in [4.69, 9.17) is 5.73 Å². The number of nitrogens with two attached hydrogens (primary N) is 1. The third-order valence-electron chi connectivity index (χ3n) is 3.03. The minimum atomic E-state index is -1.06. The van der Waals surface area contributed by atoms with Crippen molar-refractivity contribution in [1.82, 2.24) is 5.32 Å². The van der Waals surface area contributed by atoms with Gasteiger partial charge in [-0.2, -0.15) is 0 Å². The maximum atomic E-state index is 12.0. The molecule has 0 fully saturated rings. The number of carbonyl (C=O) groups is 2. The average Bonchev–Trinajstić information content (AvgIpc) is 2.34. The van der Waals surface area contributed by atoms with Crippen LogP contribution in [-0.2, 0) is 16.0 Å². The van der Waals surface area contributed by atoms with Crippen LogP contribution >= 0.6 is 0 Å². The smallest absolute Gasteiger partial charge is 0.326 e. The Kier molecular flexibility index (Phi) is 5.27. The van der Waals surface area contributed by atoms with Crippen LogP contribution in [0.15, 0.2) is 30.3 Å². The van der Waals surface area contributed by atoms with Crippen LogP contribution in [0, 0.1) is 5.41 Å². The van der Waals surface area contributed by atoms with Crippen molar-refractivity contribution in [2.75, 3.05) is 0 Å². The predicted molar refractivity (Wildman–Crippen MR) is 77.1 cm³/mol. The quantitative estimate of drug-likeness (QED) is 0.754. The lowest BCUT2D eigenvalue weighted by Gasteiger charge is -2.28. The first-order valence-corrected chi connectivity index (χ1v) is 6.54. The van der Waals surface area contributed by atoms with Gasteiger partial charge in [-0.25, -0.2) is 4.79 Å². The molecule has 2 atom stereocenters. The molecule has 1 aromatic carbocycles. The van der Waals surface area contributed by atoms with Crippen molar-refractivity contribution >= 4 is 11.9 Å².